The molecule has 33 heavy (non-hydrogen) atoms. The van der Waals surface area contributed by atoms with Gasteiger partial charge in [-0.1, -0.05) is 50.1 Å². The van der Waals surface area contributed by atoms with Crippen molar-refractivity contribution in [1.82, 2.24) is 20.4 Å². The predicted molar refractivity (Wildman–Crippen MR) is 122 cm³/mol. The summed E-state index contributed by atoms with van der Waals surface area (Å²) in [5.74, 6) is -2.55. The molecule has 1 saturated heterocycles. The summed E-state index contributed by atoms with van der Waals surface area (Å²) in [6.07, 6.45) is 14.5. The number of nitrogens with zero attached hydrogens (tertiary/aromatic N) is 2. The van der Waals surface area contributed by atoms with E-state index >= 15 is 0 Å². The van der Waals surface area contributed by atoms with Crippen LogP contribution >= 0.6 is 11.6 Å². The Kier molecular flexibility index (Phi) is 7.31. The molecule has 0 radical (unpaired) electrons. The number of anilines is 1. The van der Waals surface area contributed by atoms with Crippen LogP contribution in [0.2, 0.25) is 5.02 Å². The average molecular weight is 478 g/mol. The number of aromatic nitrogens is 2. The number of rotatable bonds is 4. The van der Waals surface area contributed by atoms with Gasteiger partial charge >= 0.3 is 5.97 Å². The van der Waals surface area contributed by atoms with Gasteiger partial charge in [0.25, 0.3) is 0 Å². The summed E-state index contributed by atoms with van der Waals surface area (Å²) in [6.45, 7) is 0. The van der Waals surface area contributed by atoms with Crippen molar-refractivity contribution in [3.63, 3.8) is 0 Å². The molecular formula is C23H29ClFN5O3. The maximum atomic E-state index is 13.9. The van der Waals surface area contributed by atoms with Gasteiger partial charge in [-0.15, -0.1) is 0 Å². The molecular weight excluding hydrogens is 449 g/mol. The minimum absolute atomic E-state index is 0.0179. The van der Waals surface area contributed by atoms with Crippen LogP contribution < -0.4 is 16.2 Å². The fourth-order valence-corrected chi connectivity index (χ4v) is 5.34. The van der Waals surface area contributed by atoms with Gasteiger partial charge in [0.05, 0.1) is 28.8 Å². The first-order valence-electron chi connectivity index (χ1n) is 11.4. The minimum Gasteiger partial charge on any atom is -0.478 e. The lowest BCUT2D eigenvalue weighted by molar-refractivity contribution is -0.125. The Morgan fingerprint density at radius 2 is 1.85 bits per heavy atom. The van der Waals surface area contributed by atoms with Crippen LogP contribution in [0.4, 0.5) is 10.1 Å². The van der Waals surface area contributed by atoms with Crippen LogP contribution in [-0.2, 0) is 4.79 Å². The van der Waals surface area contributed by atoms with Gasteiger partial charge in [0.1, 0.15) is 11.9 Å². The van der Waals surface area contributed by atoms with Crippen molar-refractivity contribution in [2.45, 2.75) is 70.0 Å². The molecule has 1 aromatic carbocycles. The summed E-state index contributed by atoms with van der Waals surface area (Å²) in [5, 5.41) is 12.0. The van der Waals surface area contributed by atoms with Gasteiger partial charge in [-0.25, -0.2) is 25.0 Å². The first kappa shape index (κ1) is 23.7. The number of nitrogens with one attached hydrogen (secondary N) is 3. The Morgan fingerprint density at radius 3 is 2.48 bits per heavy atom. The molecule has 2 unspecified atom stereocenters. The van der Waals surface area contributed by atoms with Crippen LogP contribution in [-0.4, -0.2) is 32.6 Å². The van der Waals surface area contributed by atoms with Gasteiger partial charge < -0.3 is 15.0 Å². The van der Waals surface area contributed by atoms with Crippen LogP contribution in [0.25, 0.3) is 0 Å². The van der Waals surface area contributed by atoms with E-state index in [9.17, 15) is 19.1 Å². The number of amides is 1. The zero-order chi connectivity index (χ0) is 23.4. The molecule has 1 amide bonds. The van der Waals surface area contributed by atoms with Crippen LogP contribution in [0.3, 0.4) is 0 Å². The first-order chi connectivity index (χ1) is 15.9. The van der Waals surface area contributed by atoms with Crippen LogP contribution in [0.15, 0.2) is 30.9 Å². The Bertz CT molecular complexity index is 990. The second-order valence-corrected chi connectivity index (χ2v) is 9.45. The Morgan fingerprint density at radius 1 is 1.15 bits per heavy atom. The minimum atomic E-state index is -1.34. The van der Waals surface area contributed by atoms with Crippen molar-refractivity contribution in [2.24, 2.45) is 5.41 Å². The van der Waals surface area contributed by atoms with Crippen molar-refractivity contribution in [2.75, 3.05) is 5.32 Å². The molecule has 8 nitrogen and oxygen atoms in total. The van der Waals surface area contributed by atoms with Gasteiger partial charge in [-0.2, -0.15) is 0 Å². The maximum absolute atomic E-state index is 13.9. The largest absolute Gasteiger partial charge is 0.478 e. The van der Waals surface area contributed by atoms with Crippen molar-refractivity contribution < 1.29 is 19.1 Å². The van der Waals surface area contributed by atoms with Gasteiger partial charge in [-0.3, -0.25) is 4.79 Å². The van der Waals surface area contributed by atoms with E-state index in [1.165, 1.54) is 12.8 Å². The maximum Gasteiger partial charge on any atom is 0.337 e. The van der Waals surface area contributed by atoms with Gasteiger partial charge in [0, 0.05) is 12.4 Å². The monoisotopic (exact) mass is 477 g/mol. The third-order valence-electron chi connectivity index (χ3n) is 6.90. The molecule has 178 valence electrons. The van der Waals surface area contributed by atoms with E-state index in [2.05, 4.69) is 21.2 Å². The number of carbonyl (C=O) groups is 2. The molecule has 1 aromatic heterocycles. The van der Waals surface area contributed by atoms with E-state index in [4.69, 9.17) is 11.6 Å². The second kappa shape index (κ2) is 10.2. The van der Waals surface area contributed by atoms with E-state index in [1.807, 2.05) is 10.8 Å². The molecule has 4 N–H and O–H groups in total. The lowest BCUT2D eigenvalue weighted by Gasteiger charge is -2.47. The zero-order valence-corrected chi connectivity index (χ0v) is 19.1. The summed E-state index contributed by atoms with van der Waals surface area (Å²) in [5.41, 5.74) is 5.76. The van der Waals surface area contributed by atoms with Crippen LogP contribution in [0, 0.1) is 11.2 Å². The zero-order valence-electron chi connectivity index (χ0n) is 18.3. The summed E-state index contributed by atoms with van der Waals surface area (Å²) in [7, 11) is 0. The Balaban J connectivity index is 1.63. The number of carboxylic acids is 1. The topological polar surface area (TPSA) is 108 Å². The molecule has 4 rings (SSSR count). The first-order valence-corrected chi connectivity index (χ1v) is 11.8. The molecule has 0 bridgehead atoms. The quantitative estimate of drug-likeness (QED) is 0.516. The van der Waals surface area contributed by atoms with E-state index in [1.54, 1.807) is 12.5 Å². The molecule has 2 aromatic rings. The fourth-order valence-electron chi connectivity index (χ4n) is 5.18. The second-order valence-electron chi connectivity index (χ2n) is 9.04. The summed E-state index contributed by atoms with van der Waals surface area (Å²) in [4.78, 5) is 29.3. The van der Waals surface area contributed by atoms with Crippen molar-refractivity contribution in [3.05, 3.63) is 47.3 Å². The fraction of sp³-hybridized carbons (Fsp3) is 0.522. The lowest BCUT2D eigenvalue weighted by atomic mass is 9.68. The van der Waals surface area contributed by atoms with Gasteiger partial charge in [0.15, 0.2) is 0 Å². The van der Waals surface area contributed by atoms with Crippen molar-refractivity contribution in [1.29, 1.82) is 0 Å². The third-order valence-corrected chi connectivity index (χ3v) is 7.19. The highest BCUT2D eigenvalue weighted by Crippen LogP contribution is 2.45. The highest BCUT2D eigenvalue weighted by molar-refractivity contribution is 6.31. The third kappa shape index (κ3) is 5.20. The lowest BCUT2D eigenvalue weighted by Crippen LogP contribution is -2.63. The number of hydrogen-bond acceptors (Lipinski definition) is 5. The highest BCUT2D eigenvalue weighted by Gasteiger charge is 2.47. The smallest absolute Gasteiger partial charge is 0.337 e. The van der Waals surface area contributed by atoms with Crippen LogP contribution in [0.1, 0.15) is 74.3 Å². The van der Waals surface area contributed by atoms with E-state index in [-0.39, 0.29) is 33.8 Å². The molecule has 10 heteroatoms. The molecule has 2 fully saturated rings. The molecule has 1 spiro atoms. The van der Waals surface area contributed by atoms with Crippen molar-refractivity contribution in [3.8, 4) is 0 Å². The molecule has 2 heterocycles. The molecule has 1 saturated carbocycles. The normalized spacial score (nSPS) is 23.3. The van der Waals surface area contributed by atoms with E-state index in [0.717, 1.165) is 57.1 Å². The van der Waals surface area contributed by atoms with Crippen LogP contribution in [0.5, 0.6) is 0 Å². The molecule has 2 atom stereocenters. The number of hydrazine groups is 1. The summed E-state index contributed by atoms with van der Waals surface area (Å²) >= 11 is 5.88. The molecule has 2 aliphatic rings. The van der Waals surface area contributed by atoms with E-state index in [0.29, 0.717) is 0 Å². The number of aromatic carboxylic acids is 1. The SMILES string of the molecule is O=C(O)c1cc(F)c(Cl)cc1NC(=O)C1NNC(n2ccnc2)CC12CCCCCCCC2. The molecule has 1 aliphatic carbocycles. The number of hydrogen-bond donors (Lipinski definition) is 4. The van der Waals surface area contributed by atoms with Gasteiger partial charge in [-0.05, 0) is 36.8 Å². The summed E-state index contributed by atoms with van der Waals surface area (Å²) in [6, 6.07) is 1.39. The van der Waals surface area contributed by atoms with Crippen molar-refractivity contribution >= 4 is 29.2 Å². The number of carbonyl (C=O) groups excluding carboxylic acids is 1. The predicted octanol–water partition coefficient (Wildman–Crippen LogP) is 4.50. The Labute approximate surface area is 196 Å². The Hall–Kier alpha value is -2.49. The number of benzene rings is 1. The van der Waals surface area contributed by atoms with E-state index < -0.39 is 17.8 Å². The number of imidazole rings is 1. The standard InChI is InChI=1S/C23H29ClFN5O3/c24-16-12-18(15(22(32)33)11-17(16)25)27-21(31)20-23(7-5-3-1-2-4-6-8-23)13-19(28-29-20)30-10-9-26-14-30/h9-12,14,19-20,28-29H,1-8,13H2,(H,27,31)(H,32,33). The number of carboxylic acid groups (broad SMARTS) is 1. The average Bonchev–Trinajstić information content (AvgIpc) is 3.34. The number of halogens is 2. The summed E-state index contributed by atoms with van der Waals surface area (Å²) < 4.78 is 15.8. The molecule has 1 aliphatic heterocycles. The highest BCUT2D eigenvalue weighted by atomic mass is 35.5. The van der Waals surface area contributed by atoms with Gasteiger partial charge in [0.2, 0.25) is 5.91 Å².